The minimum absolute atomic E-state index is 0.0598. The average molecular weight is 514 g/mol. The molecule has 0 aliphatic heterocycles. The summed E-state index contributed by atoms with van der Waals surface area (Å²) in [6.45, 7) is 2.54. The fourth-order valence-electron chi connectivity index (χ4n) is 3.41. The van der Waals surface area contributed by atoms with Gasteiger partial charge in [-0.3, -0.25) is 0 Å². The largest absolute Gasteiger partial charge is 0.462 e. The number of hydrogen-bond donors (Lipinski definition) is 0. The molecule has 0 atom stereocenters. The van der Waals surface area contributed by atoms with Gasteiger partial charge in [0, 0.05) is 6.07 Å². The lowest BCUT2D eigenvalue weighted by molar-refractivity contribution is 0.0489. The fraction of sp³-hybridized carbons (Fsp3) is 0.462. The summed E-state index contributed by atoms with van der Waals surface area (Å²) in [6.07, 6.45) is 12.0. The van der Waals surface area contributed by atoms with Crippen molar-refractivity contribution in [3.05, 3.63) is 62.6 Å². The molecule has 33 heavy (non-hydrogen) atoms. The maximum Gasteiger partial charge on any atom is 0.344 e. The molecule has 0 spiro atoms. The molecule has 0 amide bonds. The lowest BCUT2D eigenvalue weighted by atomic mass is 10.1. The van der Waals surface area contributed by atoms with Crippen molar-refractivity contribution in [1.82, 2.24) is 0 Å². The van der Waals surface area contributed by atoms with Gasteiger partial charge in [0.25, 0.3) is 0 Å². The summed E-state index contributed by atoms with van der Waals surface area (Å²) in [5.41, 5.74) is 0.235. The van der Waals surface area contributed by atoms with Crippen LogP contribution in [0, 0.1) is 0 Å². The van der Waals surface area contributed by atoms with Crippen LogP contribution in [0.5, 0.6) is 5.75 Å². The van der Waals surface area contributed by atoms with Crippen molar-refractivity contribution in [3.8, 4) is 5.75 Å². The molecule has 0 fully saturated rings. The van der Waals surface area contributed by atoms with Crippen LogP contribution < -0.4 is 4.74 Å². The van der Waals surface area contributed by atoms with Gasteiger partial charge in [-0.25, -0.2) is 9.59 Å². The number of unbranched alkanes of at least 4 members (excludes halogenated alkanes) is 9. The summed E-state index contributed by atoms with van der Waals surface area (Å²) in [5, 5.41) is 0.587. The highest BCUT2D eigenvalue weighted by atomic mass is 35.5. The molecular weight excluding hydrogens is 483 g/mol. The first-order valence-corrected chi connectivity index (χ1v) is 12.7. The summed E-state index contributed by atoms with van der Waals surface area (Å²) in [5.74, 6) is -1.23. The third-order valence-electron chi connectivity index (χ3n) is 5.28. The van der Waals surface area contributed by atoms with Crippen LogP contribution in [0.2, 0.25) is 15.1 Å². The molecule has 2 aromatic carbocycles. The van der Waals surface area contributed by atoms with Crippen LogP contribution in [0.4, 0.5) is 0 Å². The Balaban J connectivity index is 1.79. The van der Waals surface area contributed by atoms with Crippen LogP contribution in [0.3, 0.4) is 0 Å². The number of ether oxygens (including phenoxy) is 2. The lowest BCUT2D eigenvalue weighted by Gasteiger charge is -2.11. The van der Waals surface area contributed by atoms with Crippen LogP contribution in [0.25, 0.3) is 0 Å². The Morgan fingerprint density at radius 3 is 1.82 bits per heavy atom. The van der Waals surface area contributed by atoms with E-state index in [0.29, 0.717) is 6.61 Å². The highest BCUT2D eigenvalue weighted by Gasteiger charge is 2.21. The van der Waals surface area contributed by atoms with Gasteiger partial charge in [-0.2, -0.15) is 0 Å². The van der Waals surface area contributed by atoms with Crippen molar-refractivity contribution in [2.75, 3.05) is 6.61 Å². The fourth-order valence-corrected chi connectivity index (χ4v) is 3.98. The summed E-state index contributed by atoms with van der Waals surface area (Å²) >= 11 is 18.0. The van der Waals surface area contributed by atoms with Crippen LogP contribution >= 0.6 is 34.8 Å². The van der Waals surface area contributed by atoms with E-state index in [-0.39, 0.29) is 31.9 Å². The zero-order chi connectivity index (χ0) is 24.1. The van der Waals surface area contributed by atoms with Crippen molar-refractivity contribution < 1.29 is 19.1 Å². The van der Waals surface area contributed by atoms with Gasteiger partial charge in [0.1, 0.15) is 0 Å². The SMILES string of the molecule is CCCCCCCCCCCCOC(=O)c1ccccc1C(=O)Oc1cc(Cl)c(Cl)cc1Cl. The van der Waals surface area contributed by atoms with Crippen LogP contribution in [-0.2, 0) is 4.74 Å². The van der Waals surface area contributed by atoms with E-state index in [1.165, 1.54) is 69.2 Å². The first-order chi connectivity index (χ1) is 15.9. The quantitative estimate of drug-likeness (QED) is 0.109. The zero-order valence-electron chi connectivity index (χ0n) is 19.0. The number of benzene rings is 2. The molecule has 0 aliphatic rings. The third kappa shape index (κ3) is 9.56. The average Bonchev–Trinajstić information content (AvgIpc) is 2.80. The van der Waals surface area contributed by atoms with E-state index in [2.05, 4.69) is 6.92 Å². The standard InChI is InChI=1S/C26H31Cl3O4/c1-2-3-4-5-6-7-8-9-10-13-16-32-25(30)19-14-11-12-15-20(19)26(31)33-24-18-22(28)21(27)17-23(24)29/h11-12,14-15,17-18H,2-10,13,16H2,1H3. The van der Waals surface area contributed by atoms with E-state index in [0.717, 1.165) is 19.3 Å². The predicted octanol–water partition coefficient (Wildman–Crippen LogP) is 8.94. The van der Waals surface area contributed by atoms with Crippen molar-refractivity contribution in [3.63, 3.8) is 0 Å². The van der Waals surface area contributed by atoms with Crippen LogP contribution in [0.1, 0.15) is 91.8 Å². The van der Waals surface area contributed by atoms with Gasteiger partial charge in [-0.15, -0.1) is 0 Å². The van der Waals surface area contributed by atoms with Gasteiger partial charge < -0.3 is 9.47 Å². The van der Waals surface area contributed by atoms with Crippen LogP contribution in [-0.4, -0.2) is 18.5 Å². The smallest absolute Gasteiger partial charge is 0.344 e. The van der Waals surface area contributed by atoms with Gasteiger partial charge >= 0.3 is 11.9 Å². The molecule has 2 rings (SSSR count). The maximum atomic E-state index is 12.7. The molecule has 0 saturated carbocycles. The maximum absolute atomic E-state index is 12.7. The van der Waals surface area contributed by atoms with E-state index in [1.807, 2.05) is 0 Å². The second kappa shape index (κ2) is 15.2. The summed E-state index contributed by atoms with van der Waals surface area (Å²) < 4.78 is 10.7. The molecule has 0 saturated heterocycles. The highest BCUT2D eigenvalue weighted by molar-refractivity contribution is 6.43. The van der Waals surface area contributed by atoms with E-state index in [1.54, 1.807) is 12.1 Å². The monoisotopic (exact) mass is 512 g/mol. The minimum atomic E-state index is -0.734. The molecule has 0 radical (unpaired) electrons. The van der Waals surface area contributed by atoms with Gasteiger partial charge in [0.15, 0.2) is 5.75 Å². The zero-order valence-corrected chi connectivity index (χ0v) is 21.3. The molecule has 0 bridgehead atoms. The van der Waals surface area contributed by atoms with E-state index < -0.39 is 11.9 Å². The number of carbonyl (C=O) groups excluding carboxylic acids is 2. The van der Waals surface area contributed by atoms with Crippen LogP contribution in [0.15, 0.2) is 36.4 Å². The number of halogens is 3. The topological polar surface area (TPSA) is 52.6 Å². The van der Waals surface area contributed by atoms with Crippen molar-refractivity contribution >= 4 is 46.7 Å². The molecular formula is C26H31Cl3O4. The number of esters is 2. The summed E-state index contributed by atoms with van der Waals surface area (Å²) in [7, 11) is 0. The Kier molecular flexibility index (Phi) is 12.7. The van der Waals surface area contributed by atoms with Crippen molar-refractivity contribution in [1.29, 1.82) is 0 Å². The predicted molar refractivity (Wildman–Crippen MR) is 135 cm³/mol. The van der Waals surface area contributed by atoms with E-state index in [4.69, 9.17) is 44.3 Å². The van der Waals surface area contributed by atoms with Gasteiger partial charge in [-0.1, -0.05) is 112 Å². The second-order valence-electron chi connectivity index (χ2n) is 7.95. The molecule has 0 N–H and O–H groups in total. The molecule has 0 unspecified atom stereocenters. The molecule has 0 aromatic heterocycles. The number of carbonyl (C=O) groups is 2. The molecule has 4 nitrogen and oxygen atoms in total. The molecule has 180 valence electrons. The number of rotatable bonds is 14. The van der Waals surface area contributed by atoms with E-state index in [9.17, 15) is 9.59 Å². The van der Waals surface area contributed by atoms with Gasteiger partial charge in [0.05, 0.1) is 32.8 Å². The first kappa shape index (κ1) is 27.5. The number of hydrogen-bond acceptors (Lipinski definition) is 4. The molecule has 2 aromatic rings. The van der Waals surface area contributed by atoms with Crippen molar-refractivity contribution in [2.24, 2.45) is 0 Å². The summed E-state index contributed by atoms with van der Waals surface area (Å²) in [6, 6.07) is 9.10. The molecule has 0 heterocycles. The summed E-state index contributed by atoms with van der Waals surface area (Å²) in [4.78, 5) is 25.2. The Hall–Kier alpha value is -1.75. The van der Waals surface area contributed by atoms with Gasteiger partial charge in [-0.05, 0) is 24.6 Å². The van der Waals surface area contributed by atoms with Crippen molar-refractivity contribution in [2.45, 2.75) is 71.1 Å². The lowest BCUT2D eigenvalue weighted by Crippen LogP contribution is -2.16. The Morgan fingerprint density at radius 1 is 0.697 bits per heavy atom. The highest BCUT2D eigenvalue weighted by Crippen LogP contribution is 2.34. The minimum Gasteiger partial charge on any atom is -0.462 e. The van der Waals surface area contributed by atoms with E-state index >= 15 is 0 Å². The Morgan fingerprint density at radius 2 is 1.21 bits per heavy atom. The Bertz CT molecular complexity index is 914. The second-order valence-corrected chi connectivity index (χ2v) is 9.17. The molecule has 7 heteroatoms. The third-order valence-corrected chi connectivity index (χ3v) is 6.29. The normalized spacial score (nSPS) is 10.8. The first-order valence-electron chi connectivity index (χ1n) is 11.6. The molecule has 0 aliphatic carbocycles. The Labute approximate surface area is 211 Å². The van der Waals surface area contributed by atoms with Gasteiger partial charge in [0.2, 0.25) is 0 Å².